The predicted octanol–water partition coefficient (Wildman–Crippen LogP) is 4.08. The monoisotopic (exact) mass is 256 g/mol. The quantitative estimate of drug-likeness (QED) is 0.662. The van der Waals surface area contributed by atoms with E-state index in [1.54, 1.807) is 19.1 Å². The fraction of sp³-hybridized carbons (Fsp3) is 0.200. The van der Waals surface area contributed by atoms with Crippen LogP contribution in [-0.4, -0.2) is 4.92 Å². The lowest BCUT2D eigenvalue weighted by atomic mass is 10.1. The summed E-state index contributed by atoms with van der Waals surface area (Å²) in [6.45, 7) is 3.81. The van der Waals surface area contributed by atoms with E-state index >= 15 is 0 Å². The fourth-order valence-electron chi connectivity index (χ4n) is 2.03. The van der Waals surface area contributed by atoms with E-state index in [0.29, 0.717) is 5.56 Å². The van der Waals surface area contributed by atoms with Gasteiger partial charge in [-0.15, -0.1) is 0 Å². The van der Waals surface area contributed by atoms with Gasteiger partial charge in [-0.2, -0.15) is 0 Å². The third kappa shape index (κ3) is 3.10. The topological polar surface area (TPSA) is 55.2 Å². The number of aryl methyl sites for hydroxylation is 1. The van der Waals surface area contributed by atoms with Gasteiger partial charge in [0.1, 0.15) is 0 Å². The van der Waals surface area contributed by atoms with E-state index in [2.05, 4.69) is 24.4 Å². The van der Waals surface area contributed by atoms with Crippen LogP contribution in [-0.2, 0) is 0 Å². The molecule has 1 unspecified atom stereocenters. The van der Waals surface area contributed by atoms with Gasteiger partial charge >= 0.3 is 0 Å². The van der Waals surface area contributed by atoms with Gasteiger partial charge in [-0.05, 0) is 31.5 Å². The Morgan fingerprint density at radius 2 is 1.84 bits per heavy atom. The summed E-state index contributed by atoms with van der Waals surface area (Å²) in [5.41, 5.74) is 2.88. The highest BCUT2D eigenvalue weighted by molar-refractivity contribution is 5.54. The number of nitrogens with one attached hydrogen (secondary N) is 1. The normalized spacial score (nSPS) is 11.9. The zero-order valence-electron chi connectivity index (χ0n) is 11.0. The second-order valence-electron chi connectivity index (χ2n) is 4.54. The first-order valence-corrected chi connectivity index (χ1v) is 6.14. The Bertz CT molecular complexity index is 582. The van der Waals surface area contributed by atoms with Crippen LogP contribution in [0.4, 0.5) is 11.4 Å². The molecule has 0 aliphatic heterocycles. The lowest BCUT2D eigenvalue weighted by molar-refractivity contribution is -0.385. The van der Waals surface area contributed by atoms with Crippen LogP contribution in [0.2, 0.25) is 0 Å². The summed E-state index contributed by atoms with van der Waals surface area (Å²) in [5, 5.41) is 14.1. The van der Waals surface area contributed by atoms with Crippen molar-refractivity contribution in [2.45, 2.75) is 19.9 Å². The summed E-state index contributed by atoms with van der Waals surface area (Å²) < 4.78 is 0. The first kappa shape index (κ1) is 13.1. The molecule has 0 amide bonds. The van der Waals surface area contributed by atoms with Gasteiger partial charge in [0, 0.05) is 23.4 Å². The summed E-state index contributed by atoms with van der Waals surface area (Å²) in [6.07, 6.45) is 0. The van der Waals surface area contributed by atoms with Crippen LogP contribution in [0.1, 0.15) is 24.1 Å². The average molecular weight is 256 g/mol. The van der Waals surface area contributed by atoms with Gasteiger partial charge in [0.05, 0.1) is 4.92 Å². The molecule has 1 atom stereocenters. The number of nitro groups is 1. The highest BCUT2D eigenvalue weighted by Gasteiger charge is 2.11. The van der Waals surface area contributed by atoms with Crippen molar-refractivity contribution < 1.29 is 4.92 Å². The molecule has 19 heavy (non-hydrogen) atoms. The zero-order valence-corrected chi connectivity index (χ0v) is 11.0. The van der Waals surface area contributed by atoms with Gasteiger partial charge in [0.25, 0.3) is 5.69 Å². The minimum atomic E-state index is -0.361. The Balaban J connectivity index is 2.16. The van der Waals surface area contributed by atoms with Crippen molar-refractivity contribution in [2.24, 2.45) is 0 Å². The Labute approximate surface area is 112 Å². The minimum absolute atomic E-state index is 0.151. The maximum atomic E-state index is 10.8. The fourth-order valence-corrected chi connectivity index (χ4v) is 2.03. The van der Waals surface area contributed by atoms with E-state index in [1.165, 1.54) is 11.6 Å². The summed E-state index contributed by atoms with van der Waals surface area (Å²) in [7, 11) is 0. The van der Waals surface area contributed by atoms with Crippen LogP contribution >= 0.6 is 0 Å². The van der Waals surface area contributed by atoms with E-state index in [-0.39, 0.29) is 16.7 Å². The zero-order chi connectivity index (χ0) is 13.8. The summed E-state index contributed by atoms with van der Waals surface area (Å²) >= 11 is 0. The lowest BCUT2D eigenvalue weighted by Crippen LogP contribution is -2.06. The van der Waals surface area contributed by atoms with E-state index < -0.39 is 0 Å². The summed E-state index contributed by atoms with van der Waals surface area (Å²) in [4.78, 5) is 10.4. The molecule has 98 valence electrons. The lowest BCUT2D eigenvalue weighted by Gasteiger charge is -2.16. The molecule has 2 aromatic carbocycles. The number of nitrogens with zero attached hydrogens (tertiary/aromatic N) is 1. The highest BCUT2D eigenvalue weighted by Crippen LogP contribution is 2.24. The molecule has 4 nitrogen and oxygen atoms in total. The number of rotatable bonds is 4. The molecular formula is C15H16N2O2. The van der Waals surface area contributed by atoms with E-state index in [1.807, 2.05) is 18.2 Å². The van der Waals surface area contributed by atoms with Crippen LogP contribution < -0.4 is 5.32 Å². The molecule has 0 aliphatic rings. The van der Waals surface area contributed by atoms with Gasteiger partial charge in [-0.1, -0.05) is 30.3 Å². The number of hydrogen-bond donors (Lipinski definition) is 1. The summed E-state index contributed by atoms with van der Waals surface area (Å²) in [6, 6.07) is 15.3. The molecular weight excluding hydrogens is 240 g/mol. The van der Waals surface area contributed by atoms with Crippen LogP contribution in [0.5, 0.6) is 0 Å². The first-order chi connectivity index (χ1) is 9.08. The number of hydrogen-bond acceptors (Lipinski definition) is 3. The van der Waals surface area contributed by atoms with Gasteiger partial charge in [0.2, 0.25) is 0 Å². The van der Waals surface area contributed by atoms with Crippen molar-refractivity contribution in [3.63, 3.8) is 0 Å². The standard InChI is InChI=1S/C15H16N2O2/c1-11-10-14(8-9-15(11)17(18)19)16-12(2)13-6-4-3-5-7-13/h3-10,12,16H,1-2H3. The van der Waals surface area contributed by atoms with Crippen LogP contribution in [0.15, 0.2) is 48.5 Å². The Morgan fingerprint density at radius 1 is 1.16 bits per heavy atom. The largest absolute Gasteiger partial charge is 0.379 e. The average Bonchev–Trinajstić information content (AvgIpc) is 2.39. The molecule has 0 spiro atoms. The molecule has 2 aromatic rings. The molecule has 0 saturated carbocycles. The van der Waals surface area contributed by atoms with Gasteiger partial charge in [-0.25, -0.2) is 0 Å². The van der Waals surface area contributed by atoms with E-state index in [4.69, 9.17) is 0 Å². The van der Waals surface area contributed by atoms with Crippen molar-refractivity contribution in [1.82, 2.24) is 0 Å². The number of nitro benzene ring substituents is 1. The van der Waals surface area contributed by atoms with E-state index in [9.17, 15) is 10.1 Å². The van der Waals surface area contributed by atoms with Crippen molar-refractivity contribution in [2.75, 3.05) is 5.32 Å². The van der Waals surface area contributed by atoms with Crippen LogP contribution in [0.25, 0.3) is 0 Å². The van der Waals surface area contributed by atoms with Gasteiger partial charge < -0.3 is 5.32 Å². The van der Waals surface area contributed by atoms with E-state index in [0.717, 1.165) is 5.69 Å². The minimum Gasteiger partial charge on any atom is -0.379 e. The van der Waals surface area contributed by atoms with Crippen molar-refractivity contribution in [3.8, 4) is 0 Å². The van der Waals surface area contributed by atoms with Crippen molar-refractivity contribution >= 4 is 11.4 Å². The Kier molecular flexibility index (Phi) is 3.80. The molecule has 2 rings (SSSR count). The molecule has 1 N–H and O–H groups in total. The maximum absolute atomic E-state index is 10.8. The third-order valence-electron chi connectivity index (χ3n) is 3.08. The van der Waals surface area contributed by atoms with Gasteiger partial charge in [-0.3, -0.25) is 10.1 Å². The SMILES string of the molecule is Cc1cc(NC(C)c2ccccc2)ccc1[N+](=O)[O-]. The van der Waals surface area contributed by atoms with Crippen LogP contribution in [0.3, 0.4) is 0 Å². The second-order valence-corrected chi connectivity index (χ2v) is 4.54. The summed E-state index contributed by atoms with van der Waals surface area (Å²) in [5.74, 6) is 0. The van der Waals surface area contributed by atoms with Crippen molar-refractivity contribution in [1.29, 1.82) is 0 Å². The Morgan fingerprint density at radius 3 is 2.42 bits per heavy atom. The van der Waals surface area contributed by atoms with Crippen molar-refractivity contribution in [3.05, 3.63) is 69.8 Å². The molecule has 0 aromatic heterocycles. The third-order valence-corrected chi connectivity index (χ3v) is 3.08. The predicted molar refractivity (Wildman–Crippen MR) is 76.3 cm³/mol. The number of benzene rings is 2. The van der Waals surface area contributed by atoms with Crippen LogP contribution in [0, 0.1) is 17.0 Å². The molecule has 0 aliphatic carbocycles. The molecule has 0 heterocycles. The number of anilines is 1. The molecule has 0 radical (unpaired) electrons. The molecule has 4 heteroatoms. The second kappa shape index (κ2) is 5.52. The molecule has 0 saturated heterocycles. The van der Waals surface area contributed by atoms with Gasteiger partial charge in [0.15, 0.2) is 0 Å². The molecule has 0 bridgehead atoms. The first-order valence-electron chi connectivity index (χ1n) is 6.14. The highest BCUT2D eigenvalue weighted by atomic mass is 16.6. The maximum Gasteiger partial charge on any atom is 0.272 e. The Hall–Kier alpha value is -2.36. The molecule has 0 fully saturated rings. The smallest absolute Gasteiger partial charge is 0.272 e.